The number of nitrogens with zero attached hydrogens (tertiary/aromatic N) is 2. The van der Waals surface area contributed by atoms with Gasteiger partial charge in [0.1, 0.15) is 11.4 Å². The summed E-state index contributed by atoms with van der Waals surface area (Å²) in [5, 5.41) is 13.1. The second-order valence-electron chi connectivity index (χ2n) is 4.71. The van der Waals surface area contributed by atoms with Crippen molar-refractivity contribution in [3.8, 4) is 11.5 Å². The van der Waals surface area contributed by atoms with E-state index in [-0.39, 0.29) is 11.3 Å². The molecule has 1 heterocycles. The molecule has 1 aromatic carbocycles. The summed E-state index contributed by atoms with van der Waals surface area (Å²) >= 11 is 0. The van der Waals surface area contributed by atoms with Crippen LogP contribution in [0.1, 0.15) is 22.5 Å². The zero-order valence-electron chi connectivity index (χ0n) is 11.8. The maximum atomic E-state index is 13.1. The van der Waals surface area contributed by atoms with Crippen LogP contribution in [-0.4, -0.2) is 14.9 Å². The minimum atomic E-state index is -4.56. The normalized spacial score (nSPS) is 11.8. The first-order valence-electron chi connectivity index (χ1n) is 6.23. The highest BCUT2D eigenvalue weighted by Crippen LogP contribution is 2.39. The molecule has 0 bridgehead atoms. The Morgan fingerprint density at radius 1 is 1.29 bits per heavy atom. The minimum Gasteiger partial charge on any atom is -0.453 e. The van der Waals surface area contributed by atoms with E-state index in [1.54, 1.807) is 25.6 Å². The summed E-state index contributed by atoms with van der Waals surface area (Å²) in [5.74, 6) is -0.00125. The molecule has 0 atom stereocenters. The van der Waals surface area contributed by atoms with Crippen LogP contribution >= 0.6 is 0 Å². The molecule has 0 radical (unpaired) electrons. The summed E-state index contributed by atoms with van der Waals surface area (Å²) in [5.41, 5.74) is 0.396. The van der Waals surface area contributed by atoms with Gasteiger partial charge in [0.25, 0.3) is 0 Å². The molecule has 0 spiro atoms. The average Bonchev–Trinajstić information content (AvgIpc) is 2.64. The Bertz CT molecular complexity index is 663. The Morgan fingerprint density at radius 2 is 1.95 bits per heavy atom. The van der Waals surface area contributed by atoms with Crippen molar-refractivity contribution in [3.05, 3.63) is 40.7 Å². The van der Waals surface area contributed by atoms with E-state index in [4.69, 9.17) is 9.84 Å². The first-order chi connectivity index (χ1) is 9.74. The molecule has 4 nitrogen and oxygen atoms in total. The van der Waals surface area contributed by atoms with Crippen molar-refractivity contribution in [1.29, 1.82) is 0 Å². The van der Waals surface area contributed by atoms with Gasteiger partial charge in [0.15, 0.2) is 5.75 Å². The SMILES string of the molecule is Cc1nn(C)c(C)c1Oc1ccc(CO)cc1C(F)(F)F. The summed E-state index contributed by atoms with van der Waals surface area (Å²) in [4.78, 5) is 0. The van der Waals surface area contributed by atoms with Crippen molar-refractivity contribution in [2.75, 3.05) is 0 Å². The number of ether oxygens (including phenoxy) is 1. The lowest BCUT2D eigenvalue weighted by Gasteiger charge is -2.15. The second-order valence-corrected chi connectivity index (χ2v) is 4.71. The maximum absolute atomic E-state index is 13.1. The molecule has 0 amide bonds. The highest BCUT2D eigenvalue weighted by molar-refractivity contribution is 5.44. The van der Waals surface area contributed by atoms with Crippen molar-refractivity contribution >= 4 is 0 Å². The van der Waals surface area contributed by atoms with Crippen molar-refractivity contribution in [2.45, 2.75) is 26.6 Å². The van der Waals surface area contributed by atoms with Crippen LogP contribution in [-0.2, 0) is 19.8 Å². The van der Waals surface area contributed by atoms with Gasteiger partial charge >= 0.3 is 6.18 Å². The Morgan fingerprint density at radius 3 is 2.43 bits per heavy atom. The van der Waals surface area contributed by atoms with Crippen LogP contribution in [0.15, 0.2) is 18.2 Å². The molecule has 0 aliphatic carbocycles. The van der Waals surface area contributed by atoms with E-state index < -0.39 is 18.3 Å². The number of hydrogen-bond acceptors (Lipinski definition) is 3. The number of aromatic nitrogens is 2. The molecule has 0 unspecified atom stereocenters. The Balaban J connectivity index is 2.49. The summed E-state index contributed by atoms with van der Waals surface area (Å²) in [6, 6.07) is 3.49. The molecule has 2 rings (SSSR count). The standard InChI is InChI=1S/C14H15F3N2O2/c1-8-13(9(2)19(3)18-8)21-12-5-4-10(7-20)6-11(12)14(15,16)17/h4-6,20H,7H2,1-3H3. The van der Waals surface area contributed by atoms with Crippen LogP contribution in [0, 0.1) is 13.8 Å². The van der Waals surface area contributed by atoms with Crippen molar-refractivity contribution < 1.29 is 23.0 Å². The number of rotatable bonds is 3. The zero-order valence-corrected chi connectivity index (χ0v) is 11.8. The molecule has 0 saturated heterocycles. The Hall–Kier alpha value is -2.02. The van der Waals surface area contributed by atoms with E-state index in [2.05, 4.69) is 5.10 Å². The molecule has 0 saturated carbocycles. The van der Waals surface area contributed by atoms with Crippen LogP contribution in [0.4, 0.5) is 13.2 Å². The minimum absolute atomic E-state index is 0.175. The molecule has 7 heteroatoms. The molecule has 114 valence electrons. The number of alkyl halides is 3. The molecule has 0 fully saturated rings. The predicted molar refractivity (Wildman–Crippen MR) is 70.1 cm³/mol. The third-order valence-corrected chi connectivity index (χ3v) is 3.19. The summed E-state index contributed by atoms with van der Waals surface area (Å²) in [7, 11) is 1.69. The molecule has 1 N–H and O–H groups in total. The molecular weight excluding hydrogens is 285 g/mol. The molecule has 2 aromatic rings. The van der Waals surface area contributed by atoms with Gasteiger partial charge in [-0.05, 0) is 31.5 Å². The van der Waals surface area contributed by atoms with Gasteiger partial charge in [0.05, 0.1) is 17.9 Å². The van der Waals surface area contributed by atoms with Gasteiger partial charge in [-0.25, -0.2) is 0 Å². The van der Waals surface area contributed by atoms with Crippen LogP contribution in [0.5, 0.6) is 11.5 Å². The first-order valence-corrected chi connectivity index (χ1v) is 6.23. The third kappa shape index (κ3) is 3.02. The number of halogens is 3. The van der Waals surface area contributed by atoms with Gasteiger partial charge in [-0.1, -0.05) is 6.07 Å². The smallest absolute Gasteiger partial charge is 0.419 e. The fraction of sp³-hybridized carbons (Fsp3) is 0.357. The number of aliphatic hydroxyl groups excluding tert-OH is 1. The van der Waals surface area contributed by atoms with Crippen LogP contribution < -0.4 is 4.74 Å². The van der Waals surface area contributed by atoms with Gasteiger partial charge in [-0.3, -0.25) is 4.68 Å². The van der Waals surface area contributed by atoms with Crippen LogP contribution in [0.25, 0.3) is 0 Å². The summed E-state index contributed by atoms with van der Waals surface area (Å²) in [6.45, 7) is 2.91. The highest BCUT2D eigenvalue weighted by atomic mass is 19.4. The zero-order chi connectivity index (χ0) is 15.8. The molecule has 1 aromatic heterocycles. The fourth-order valence-electron chi connectivity index (χ4n) is 2.00. The van der Waals surface area contributed by atoms with E-state index in [0.717, 1.165) is 6.07 Å². The monoisotopic (exact) mass is 300 g/mol. The van der Waals surface area contributed by atoms with Crippen LogP contribution in [0.2, 0.25) is 0 Å². The Kier molecular flexibility index (Phi) is 3.95. The largest absolute Gasteiger partial charge is 0.453 e. The predicted octanol–water partition coefficient (Wildman–Crippen LogP) is 3.34. The lowest BCUT2D eigenvalue weighted by Crippen LogP contribution is -2.08. The highest BCUT2D eigenvalue weighted by Gasteiger charge is 2.35. The van der Waals surface area contributed by atoms with Gasteiger partial charge in [0.2, 0.25) is 0 Å². The van der Waals surface area contributed by atoms with Crippen molar-refractivity contribution in [3.63, 3.8) is 0 Å². The van der Waals surface area contributed by atoms with E-state index in [1.165, 1.54) is 12.1 Å². The fourth-order valence-corrected chi connectivity index (χ4v) is 2.00. The molecule has 0 aliphatic rings. The number of hydrogen-bond donors (Lipinski definition) is 1. The van der Waals surface area contributed by atoms with Gasteiger partial charge in [-0.2, -0.15) is 18.3 Å². The number of benzene rings is 1. The summed E-state index contributed by atoms with van der Waals surface area (Å²) < 4.78 is 46.2. The maximum Gasteiger partial charge on any atom is 0.419 e. The number of aliphatic hydroxyl groups is 1. The molecule has 21 heavy (non-hydrogen) atoms. The molecular formula is C14H15F3N2O2. The Labute approximate surface area is 119 Å². The lowest BCUT2D eigenvalue weighted by molar-refractivity contribution is -0.138. The van der Waals surface area contributed by atoms with Gasteiger partial charge in [-0.15, -0.1) is 0 Å². The van der Waals surface area contributed by atoms with Crippen molar-refractivity contribution in [2.24, 2.45) is 7.05 Å². The quantitative estimate of drug-likeness (QED) is 0.945. The topological polar surface area (TPSA) is 47.3 Å². The number of aryl methyl sites for hydroxylation is 2. The molecule has 0 aliphatic heterocycles. The summed E-state index contributed by atoms with van der Waals surface area (Å²) in [6.07, 6.45) is -4.56. The van der Waals surface area contributed by atoms with E-state index >= 15 is 0 Å². The van der Waals surface area contributed by atoms with E-state index in [0.29, 0.717) is 17.1 Å². The van der Waals surface area contributed by atoms with E-state index in [1.807, 2.05) is 0 Å². The average molecular weight is 300 g/mol. The van der Waals surface area contributed by atoms with Crippen LogP contribution in [0.3, 0.4) is 0 Å². The van der Waals surface area contributed by atoms with Crippen molar-refractivity contribution in [1.82, 2.24) is 9.78 Å². The van der Waals surface area contributed by atoms with Gasteiger partial charge in [0, 0.05) is 7.05 Å². The van der Waals surface area contributed by atoms with Gasteiger partial charge < -0.3 is 9.84 Å². The first kappa shape index (κ1) is 15.4. The third-order valence-electron chi connectivity index (χ3n) is 3.19. The second kappa shape index (κ2) is 5.40. The lowest BCUT2D eigenvalue weighted by atomic mass is 10.1. The van der Waals surface area contributed by atoms with E-state index in [9.17, 15) is 13.2 Å².